The molecule has 0 atom stereocenters. The molecule has 3 aromatic rings. The summed E-state index contributed by atoms with van der Waals surface area (Å²) in [6.07, 6.45) is 5.28. The Morgan fingerprint density at radius 1 is 1.11 bits per heavy atom. The van der Waals surface area contributed by atoms with Gasteiger partial charge in [0.25, 0.3) is 0 Å². The van der Waals surface area contributed by atoms with E-state index in [9.17, 15) is 4.79 Å². The number of thiophene rings is 1. The molecule has 7 heteroatoms. The summed E-state index contributed by atoms with van der Waals surface area (Å²) < 4.78 is 6.54. The van der Waals surface area contributed by atoms with Crippen LogP contribution < -0.4 is 10.6 Å². The zero-order valence-electron chi connectivity index (χ0n) is 20.5. The van der Waals surface area contributed by atoms with Gasteiger partial charge in [-0.1, -0.05) is 22.0 Å². The lowest BCUT2D eigenvalue weighted by molar-refractivity contribution is 0.0492. The highest BCUT2D eigenvalue weighted by Crippen LogP contribution is 2.43. The number of amides is 1. The number of nitrogens with zero attached hydrogens (tertiary/aromatic N) is 1. The minimum Gasteiger partial charge on any atom is -0.444 e. The average Bonchev–Trinajstić information content (AvgIpc) is 3.40. The summed E-state index contributed by atoms with van der Waals surface area (Å²) in [5.41, 5.74) is 7.15. The number of rotatable bonds is 5. The van der Waals surface area contributed by atoms with Crippen LogP contribution in [0.2, 0.25) is 0 Å². The van der Waals surface area contributed by atoms with Crippen LogP contribution in [0.1, 0.15) is 68.8 Å². The molecule has 0 unspecified atom stereocenters. The smallest absolute Gasteiger partial charge is 0.407 e. The third-order valence-electron chi connectivity index (χ3n) is 6.63. The molecule has 2 heterocycles. The number of anilines is 1. The number of nitrogens with one attached hydrogen (secondary N) is 2. The Bertz CT molecular complexity index is 1210. The summed E-state index contributed by atoms with van der Waals surface area (Å²) >= 11 is 5.36. The van der Waals surface area contributed by atoms with Crippen molar-refractivity contribution >= 4 is 39.2 Å². The van der Waals surface area contributed by atoms with Crippen LogP contribution in [0.5, 0.6) is 0 Å². The molecule has 5 rings (SSSR count). The van der Waals surface area contributed by atoms with Crippen LogP contribution in [-0.2, 0) is 17.6 Å². The number of pyridine rings is 1. The number of carbonyl (C=O) groups is 1. The molecule has 184 valence electrons. The average molecular weight is 555 g/mol. The molecule has 2 aromatic heterocycles. The zero-order chi connectivity index (χ0) is 24.6. The second-order valence-corrected chi connectivity index (χ2v) is 12.3. The lowest BCUT2D eigenvalue weighted by atomic mass is 9.91. The predicted octanol–water partition coefficient (Wildman–Crippen LogP) is 7.32. The fourth-order valence-corrected chi connectivity index (χ4v) is 6.18. The summed E-state index contributed by atoms with van der Waals surface area (Å²) in [6.45, 7) is 5.67. The van der Waals surface area contributed by atoms with E-state index in [1.807, 2.05) is 20.8 Å². The molecule has 1 aromatic carbocycles. The number of carbonyl (C=O) groups excluding carboxylic acids is 1. The van der Waals surface area contributed by atoms with E-state index in [4.69, 9.17) is 9.72 Å². The highest BCUT2D eigenvalue weighted by atomic mass is 79.9. The molecule has 0 spiro atoms. The lowest BCUT2D eigenvalue weighted by Crippen LogP contribution is -2.42. The van der Waals surface area contributed by atoms with Gasteiger partial charge in [-0.2, -0.15) is 11.3 Å². The minimum absolute atomic E-state index is 0.157. The fourth-order valence-electron chi connectivity index (χ4n) is 5.10. The molecule has 2 N–H and O–H groups in total. The second kappa shape index (κ2) is 9.94. The van der Waals surface area contributed by atoms with Crippen molar-refractivity contribution in [1.29, 1.82) is 0 Å². The fraction of sp³-hybridized carbons (Fsp3) is 0.429. The number of alkyl carbamates (subject to hydrolysis) is 1. The maximum Gasteiger partial charge on any atom is 0.407 e. The second-order valence-electron chi connectivity index (χ2n) is 10.6. The Morgan fingerprint density at radius 3 is 2.60 bits per heavy atom. The molecule has 35 heavy (non-hydrogen) atoms. The number of hydrogen-bond donors (Lipinski definition) is 2. The van der Waals surface area contributed by atoms with Crippen molar-refractivity contribution in [3.8, 4) is 11.1 Å². The molecule has 2 aliphatic rings. The van der Waals surface area contributed by atoms with E-state index in [-0.39, 0.29) is 12.1 Å². The van der Waals surface area contributed by atoms with Crippen LogP contribution in [0, 0.1) is 0 Å². The summed E-state index contributed by atoms with van der Waals surface area (Å²) in [5.74, 6) is 0.998. The van der Waals surface area contributed by atoms with Gasteiger partial charge in [0, 0.05) is 34.2 Å². The van der Waals surface area contributed by atoms with E-state index < -0.39 is 5.60 Å². The molecule has 0 bridgehead atoms. The maximum absolute atomic E-state index is 12.2. The van der Waals surface area contributed by atoms with E-state index in [2.05, 4.69) is 67.7 Å². The topological polar surface area (TPSA) is 63.2 Å². The summed E-state index contributed by atoms with van der Waals surface area (Å²) in [6, 6.07) is 11.5. The van der Waals surface area contributed by atoms with Crippen molar-refractivity contribution < 1.29 is 9.53 Å². The number of ether oxygens (including phenoxy) is 1. The quantitative estimate of drug-likeness (QED) is 0.272. The molecule has 1 fully saturated rings. The van der Waals surface area contributed by atoms with Crippen LogP contribution in [-0.4, -0.2) is 28.8 Å². The van der Waals surface area contributed by atoms with Crippen LogP contribution in [0.15, 0.2) is 45.6 Å². The SMILES string of the molecule is CC(C)(C)OC(=O)NC1CCC(Nc2nc(Cc3ccsc3)cc3c2-c2ccc(Br)cc2C3)CC1. The molecular formula is C28H32BrN3O2S. The van der Waals surface area contributed by atoms with Gasteiger partial charge in [0.05, 0.1) is 0 Å². The Kier molecular flexibility index (Phi) is 6.91. The first-order valence-electron chi connectivity index (χ1n) is 12.3. The van der Waals surface area contributed by atoms with Gasteiger partial charge in [-0.3, -0.25) is 0 Å². The van der Waals surface area contributed by atoms with Gasteiger partial charge in [-0.15, -0.1) is 0 Å². The molecule has 2 aliphatic carbocycles. The number of aromatic nitrogens is 1. The number of hydrogen-bond acceptors (Lipinski definition) is 5. The van der Waals surface area contributed by atoms with Crippen molar-refractivity contribution in [2.75, 3.05) is 5.32 Å². The zero-order valence-corrected chi connectivity index (χ0v) is 22.9. The van der Waals surface area contributed by atoms with Gasteiger partial charge in [0.15, 0.2) is 0 Å². The Hall–Kier alpha value is -2.38. The molecule has 1 amide bonds. The van der Waals surface area contributed by atoms with E-state index >= 15 is 0 Å². The number of fused-ring (bicyclic) bond motifs is 3. The first kappa shape index (κ1) is 24.3. The standard InChI is InChI=1S/C28H32BrN3O2S/c1-28(2,3)34-27(33)32-22-7-5-21(6-8-22)30-26-25-19(13-18-14-20(29)4-9-24(18)25)15-23(31-26)12-17-10-11-35-16-17/h4,9-11,14-16,21-22H,5-8,12-13H2,1-3H3,(H,30,31)(H,32,33). The Morgan fingerprint density at radius 2 is 1.89 bits per heavy atom. The van der Waals surface area contributed by atoms with Gasteiger partial charge < -0.3 is 15.4 Å². The Balaban J connectivity index is 1.32. The maximum atomic E-state index is 12.2. The number of halogens is 1. The third kappa shape index (κ3) is 5.89. The predicted molar refractivity (Wildman–Crippen MR) is 146 cm³/mol. The van der Waals surface area contributed by atoms with E-state index in [0.717, 1.165) is 54.5 Å². The van der Waals surface area contributed by atoms with Crippen LogP contribution in [0.3, 0.4) is 0 Å². The van der Waals surface area contributed by atoms with Gasteiger partial charge >= 0.3 is 6.09 Å². The summed E-state index contributed by atoms with van der Waals surface area (Å²) in [4.78, 5) is 17.3. The molecule has 1 saturated carbocycles. The molecule has 0 saturated heterocycles. The lowest BCUT2D eigenvalue weighted by Gasteiger charge is -2.31. The largest absolute Gasteiger partial charge is 0.444 e. The van der Waals surface area contributed by atoms with Crippen LogP contribution in [0.25, 0.3) is 11.1 Å². The van der Waals surface area contributed by atoms with E-state index in [1.54, 1.807) is 11.3 Å². The summed E-state index contributed by atoms with van der Waals surface area (Å²) in [5, 5.41) is 11.2. The molecule has 5 nitrogen and oxygen atoms in total. The molecular weight excluding hydrogens is 522 g/mol. The Labute approximate surface area is 219 Å². The van der Waals surface area contributed by atoms with Crippen LogP contribution in [0.4, 0.5) is 10.6 Å². The highest BCUT2D eigenvalue weighted by molar-refractivity contribution is 9.10. The summed E-state index contributed by atoms with van der Waals surface area (Å²) in [7, 11) is 0. The van der Waals surface area contributed by atoms with Gasteiger partial charge in [0.2, 0.25) is 0 Å². The third-order valence-corrected chi connectivity index (χ3v) is 7.85. The first-order valence-corrected chi connectivity index (χ1v) is 14.1. The number of benzene rings is 1. The normalized spacial score (nSPS) is 19.1. The van der Waals surface area contributed by atoms with Gasteiger partial charge in [-0.05, 0) is 110 Å². The minimum atomic E-state index is -0.477. The van der Waals surface area contributed by atoms with E-state index in [1.165, 1.54) is 27.8 Å². The van der Waals surface area contributed by atoms with Crippen molar-refractivity contribution in [2.45, 2.75) is 77.0 Å². The van der Waals surface area contributed by atoms with Crippen molar-refractivity contribution in [1.82, 2.24) is 10.3 Å². The first-order chi connectivity index (χ1) is 16.7. The molecule has 0 aliphatic heterocycles. The highest BCUT2D eigenvalue weighted by Gasteiger charge is 2.28. The van der Waals surface area contributed by atoms with Gasteiger partial charge in [0.1, 0.15) is 11.4 Å². The van der Waals surface area contributed by atoms with E-state index in [0.29, 0.717) is 6.04 Å². The van der Waals surface area contributed by atoms with Gasteiger partial charge in [-0.25, -0.2) is 9.78 Å². The van der Waals surface area contributed by atoms with Crippen LogP contribution >= 0.6 is 27.3 Å². The van der Waals surface area contributed by atoms with Crippen molar-refractivity contribution in [2.24, 2.45) is 0 Å². The van der Waals surface area contributed by atoms with Crippen molar-refractivity contribution in [3.63, 3.8) is 0 Å². The monoisotopic (exact) mass is 553 g/mol. The van der Waals surface area contributed by atoms with Crippen molar-refractivity contribution in [3.05, 3.63) is 67.9 Å². The molecule has 0 radical (unpaired) electrons.